The molecule has 36 heavy (non-hydrogen) atoms. The van der Waals surface area contributed by atoms with Gasteiger partial charge >= 0.3 is 23.3 Å². The van der Waals surface area contributed by atoms with Crippen molar-refractivity contribution in [2.75, 3.05) is 13.4 Å². The van der Waals surface area contributed by atoms with Crippen molar-refractivity contribution in [1.29, 1.82) is 0 Å². The maximum Gasteiger partial charge on any atom is 0.408 e. The van der Waals surface area contributed by atoms with E-state index in [9.17, 15) is 19.2 Å². The van der Waals surface area contributed by atoms with Gasteiger partial charge in [0, 0.05) is 0 Å². The molecule has 9 nitrogen and oxygen atoms in total. The molecule has 10 heteroatoms. The molecule has 1 N–H and O–H groups in total. The van der Waals surface area contributed by atoms with Gasteiger partial charge in [-0.05, 0) is 76.9 Å². The summed E-state index contributed by atoms with van der Waals surface area (Å²) in [5, 5.41) is 1.71. The molecule has 0 aliphatic heterocycles. The van der Waals surface area contributed by atoms with Crippen LogP contribution < -0.4 is 5.32 Å². The SMILES string of the molecule is CC(C)(C)OC(=O)N[C@@H](C(=O)OCC1=CCCC=C1)C(C)(C)SC(=O)OCOC(=O)c1ccccc1. The van der Waals surface area contributed by atoms with Crippen LogP contribution in [0.15, 0.2) is 54.1 Å². The van der Waals surface area contributed by atoms with Crippen LogP contribution in [0.2, 0.25) is 0 Å². The number of carbonyl (C=O) groups is 4. The first kappa shape index (κ1) is 29.0. The van der Waals surface area contributed by atoms with Crippen molar-refractivity contribution in [3.63, 3.8) is 0 Å². The van der Waals surface area contributed by atoms with Gasteiger partial charge in [0.25, 0.3) is 0 Å². The van der Waals surface area contributed by atoms with Crippen LogP contribution in [0, 0.1) is 0 Å². The molecule has 0 spiro atoms. The molecule has 1 atom stereocenters. The van der Waals surface area contributed by atoms with Crippen molar-refractivity contribution in [2.24, 2.45) is 0 Å². The Morgan fingerprint density at radius 3 is 2.28 bits per heavy atom. The molecule has 0 radical (unpaired) electrons. The van der Waals surface area contributed by atoms with Gasteiger partial charge in [-0.25, -0.2) is 19.2 Å². The second-order valence-corrected chi connectivity index (χ2v) is 11.1. The summed E-state index contributed by atoms with van der Waals surface area (Å²) in [5.41, 5.74) is 0.360. The predicted molar refractivity (Wildman–Crippen MR) is 135 cm³/mol. The topological polar surface area (TPSA) is 117 Å². The quantitative estimate of drug-likeness (QED) is 0.268. The first-order valence-electron chi connectivity index (χ1n) is 11.5. The number of hydrogen-bond donors (Lipinski definition) is 1. The van der Waals surface area contributed by atoms with Crippen molar-refractivity contribution in [3.05, 3.63) is 59.7 Å². The third kappa shape index (κ3) is 10.2. The number of carbonyl (C=O) groups excluding carboxylic acids is 4. The molecule has 2 rings (SSSR count). The van der Waals surface area contributed by atoms with E-state index < -0.39 is 46.5 Å². The van der Waals surface area contributed by atoms with Gasteiger partial charge in [0.05, 0.1) is 10.3 Å². The lowest BCUT2D eigenvalue weighted by atomic mass is 10.0. The van der Waals surface area contributed by atoms with E-state index >= 15 is 0 Å². The molecule has 1 amide bonds. The van der Waals surface area contributed by atoms with E-state index in [1.807, 2.05) is 18.2 Å². The number of nitrogens with one attached hydrogen (secondary N) is 1. The maximum atomic E-state index is 13.0. The number of rotatable bonds is 9. The smallest absolute Gasteiger partial charge is 0.408 e. The predicted octanol–water partition coefficient (Wildman–Crippen LogP) is 5.16. The summed E-state index contributed by atoms with van der Waals surface area (Å²) in [5.74, 6) is -1.38. The van der Waals surface area contributed by atoms with Crippen LogP contribution in [-0.2, 0) is 23.7 Å². The van der Waals surface area contributed by atoms with E-state index in [4.69, 9.17) is 18.9 Å². The summed E-state index contributed by atoms with van der Waals surface area (Å²) >= 11 is 0.655. The van der Waals surface area contributed by atoms with Crippen LogP contribution in [-0.4, -0.2) is 53.1 Å². The molecule has 0 saturated heterocycles. The summed E-state index contributed by atoms with van der Waals surface area (Å²) in [7, 11) is 0. The number of esters is 2. The second-order valence-electron chi connectivity index (χ2n) is 9.46. The Morgan fingerprint density at radius 2 is 1.67 bits per heavy atom. The van der Waals surface area contributed by atoms with E-state index in [2.05, 4.69) is 5.32 Å². The van der Waals surface area contributed by atoms with Gasteiger partial charge in [-0.15, -0.1) is 0 Å². The minimum atomic E-state index is -1.25. The van der Waals surface area contributed by atoms with E-state index in [0.29, 0.717) is 17.3 Å². The van der Waals surface area contributed by atoms with Gasteiger partial charge < -0.3 is 24.3 Å². The number of amides is 1. The zero-order chi connectivity index (χ0) is 26.8. The van der Waals surface area contributed by atoms with Gasteiger partial charge in [-0.2, -0.15) is 0 Å². The zero-order valence-electron chi connectivity index (χ0n) is 21.2. The summed E-state index contributed by atoms with van der Waals surface area (Å²) in [6.07, 6.45) is 6.77. The van der Waals surface area contributed by atoms with Gasteiger partial charge in [0.2, 0.25) is 6.79 Å². The van der Waals surface area contributed by atoms with E-state index in [0.717, 1.165) is 18.4 Å². The summed E-state index contributed by atoms with van der Waals surface area (Å²) < 4.78 is 19.5. The molecule has 0 fully saturated rings. The molecular weight excluding hydrogens is 486 g/mol. The first-order chi connectivity index (χ1) is 16.9. The van der Waals surface area contributed by atoms with Crippen LogP contribution in [0.5, 0.6) is 0 Å². The molecular formula is C26H33NO8S. The van der Waals surface area contributed by atoms with Crippen molar-refractivity contribution >= 4 is 35.1 Å². The average molecular weight is 520 g/mol. The van der Waals surface area contributed by atoms with Crippen molar-refractivity contribution in [2.45, 2.75) is 63.9 Å². The molecule has 196 valence electrons. The number of benzene rings is 1. The Hall–Kier alpha value is -3.27. The maximum absolute atomic E-state index is 13.0. The molecule has 0 unspecified atom stereocenters. The van der Waals surface area contributed by atoms with Crippen LogP contribution in [0.4, 0.5) is 9.59 Å². The normalized spacial score (nSPS) is 14.2. The van der Waals surface area contributed by atoms with Crippen LogP contribution in [0.25, 0.3) is 0 Å². The lowest BCUT2D eigenvalue weighted by Gasteiger charge is -2.32. The highest BCUT2D eigenvalue weighted by molar-refractivity contribution is 8.14. The zero-order valence-corrected chi connectivity index (χ0v) is 22.0. The fourth-order valence-corrected chi connectivity index (χ4v) is 3.86. The molecule has 1 aromatic carbocycles. The van der Waals surface area contributed by atoms with Crippen molar-refractivity contribution < 1.29 is 38.1 Å². The Balaban J connectivity index is 2.00. The number of alkyl carbamates (subject to hydrolysis) is 1. The Kier molecular flexibility index (Phi) is 10.6. The first-order valence-corrected chi connectivity index (χ1v) is 12.3. The van der Waals surface area contributed by atoms with Gasteiger partial charge in [-0.3, -0.25) is 0 Å². The number of thioether (sulfide) groups is 1. The van der Waals surface area contributed by atoms with Gasteiger partial charge in [0.15, 0.2) is 0 Å². The van der Waals surface area contributed by atoms with Crippen molar-refractivity contribution in [3.8, 4) is 0 Å². The van der Waals surface area contributed by atoms with Gasteiger partial charge in [-0.1, -0.05) is 36.4 Å². The summed E-state index contributed by atoms with van der Waals surface area (Å²) in [6, 6.07) is 7.01. The standard InChI is InChI=1S/C26H33NO8S/c1-25(2,3)35-23(30)27-20(22(29)32-16-18-12-8-6-9-13-18)26(4,5)36-24(31)34-17-33-21(28)19-14-10-7-11-15-19/h7-8,10-15,20H,6,9,16-17H2,1-5H3,(H,27,30)/t20-/m0/s1. The van der Waals surface area contributed by atoms with Crippen LogP contribution in [0.3, 0.4) is 0 Å². The number of hydrogen-bond acceptors (Lipinski definition) is 9. The number of allylic oxidation sites excluding steroid dienone is 2. The molecule has 1 aromatic rings. The number of ether oxygens (including phenoxy) is 4. The highest BCUT2D eigenvalue weighted by atomic mass is 32.2. The average Bonchev–Trinajstić information content (AvgIpc) is 2.80. The van der Waals surface area contributed by atoms with E-state index in [1.54, 1.807) is 65.0 Å². The lowest BCUT2D eigenvalue weighted by Crippen LogP contribution is -2.54. The van der Waals surface area contributed by atoms with Gasteiger partial charge in [0.1, 0.15) is 18.2 Å². The Bertz CT molecular complexity index is 995. The Morgan fingerprint density at radius 1 is 0.972 bits per heavy atom. The third-order valence-electron chi connectivity index (χ3n) is 4.77. The largest absolute Gasteiger partial charge is 0.459 e. The fourth-order valence-electron chi connectivity index (χ4n) is 3.05. The summed E-state index contributed by atoms with van der Waals surface area (Å²) in [4.78, 5) is 49.9. The minimum absolute atomic E-state index is 0.0302. The van der Waals surface area contributed by atoms with Crippen LogP contribution in [0.1, 0.15) is 57.8 Å². The van der Waals surface area contributed by atoms with Crippen molar-refractivity contribution in [1.82, 2.24) is 5.32 Å². The molecule has 1 aliphatic carbocycles. The molecule has 1 aliphatic rings. The molecule has 0 saturated carbocycles. The monoisotopic (exact) mass is 519 g/mol. The van der Waals surface area contributed by atoms with E-state index in [-0.39, 0.29) is 6.61 Å². The van der Waals surface area contributed by atoms with E-state index in [1.165, 1.54) is 0 Å². The fraction of sp³-hybridized carbons (Fsp3) is 0.462. The third-order valence-corrected chi connectivity index (χ3v) is 5.81. The minimum Gasteiger partial charge on any atom is -0.459 e. The Labute approximate surface area is 215 Å². The highest BCUT2D eigenvalue weighted by Gasteiger charge is 2.42. The molecule has 0 aromatic heterocycles. The highest BCUT2D eigenvalue weighted by Crippen LogP contribution is 2.31. The second kappa shape index (κ2) is 13.2. The molecule has 0 heterocycles. The lowest BCUT2D eigenvalue weighted by molar-refractivity contribution is -0.145. The van der Waals surface area contributed by atoms with Crippen LogP contribution >= 0.6 is 11.8 Å². The molecule has 0 bridgehead atoms. The summed E-state index contributed by atoms with van der Waals surface area (Å²) in [6.45, 7) is 7.66.